The third-order valence-electron chi connectivity index (χ3n) is 2.12. The van der Waals surface area contributed by atoms with Crippen LogP contribution in [0.25, 0.3) is 0 Å². The number of aromatic nitrogens is 2. The first kappa shape index (κ1) is 14.4. The Morgan fingerprint density at radius 1 is 1.65 bits per heavy atom. The zero-order valence-corrected chi connectivity index (χ0v) is 11.9. The molecule has 1 unspecified atom stereocenters. The Labute approximate surface area is 110 Å². The molecule has 1 atom stereocenters. The Hall–Kier alpha value is -0.660. The summed E-state index contributed by atoms with van der Waals surface area (Å²) >= 11 is 2.84. The van der Waals surface area contributed by atoms with E-state index in [-0.39, 0.29) is 5.97 Å². The summed E-state index contributed by atoms with van der Waals surface area (Å²) in [7, 11) is 0. The van der Waals surface area contributed by atoms with Crippen LogP contribution in [-0.2, 0) is 9.53 Å². The Bertz CT molecular complexity index is 345. The third-order valence-corrected chi connectivity index (χ3v) is 4.23. The Balaban J connectivity index is 2.60. The minimum absolute atomic E-state index is 0.223. The molecule has 0 aliphatic carbocycles. The summed E-state index contributed by atoms with van der Waals surface area (Å²) in [5.74, 6) is 0.355. The number of likely N-dealkylation sites (N-methyl/N-ethyl adjacent to an activating group) is 1. The van der Waals surface area contributed by atoms with E-state index in [0.717, 1.165) is 4.34 Å². The summed E-state index contributed by atoms with van der Waals surface area (Å²) in [5, 5.41) is 3.17. The van der Waals surface area contributed by atoms with E-state index < -0.39 is 5.54 Å². The highest BCUT2D eigenvalue weighted by Gasteiger charge is 2.34. The van der Waals surface area contributed by atoms with Crippen molar-refractivity contribution in [1.82, 2.24) is 14.7 Å². The standard InChI is InChI=1S/C10H17N3O2S2/c1-4-12-10(3,8(14)15-5-2)6-16-9-11-7-13-17-9/h7,12H,4-6H2,1-3H3. The van der Waals surface area contributed by atoms with Gasteiger partial charge in [0, 0.05) is 5.75 Å². The monoisotopic (exact) mass is 275 g/mol. The van der Waals surface area contributed by atoms with E-state index in [9.17, 15) is 4.79 Å². The normalized spacial score (nSPS) is 14.3. The lowest BCUT2D eigenvalue weighted by molar-refractivity contribution is -0.149. The van der Waals surface area contributed by atoms with Gasteiger partial charge in [-0.05, 0) is 31.9 Å². The molecule has 1 aromatic rings. The summed E-state index contributed by atoms with van der Waals surface area (Å²) in [6.07, 6.45) is 1.52. The van der Waals surface area contributed by atoms with Gasteiger partial charge in [-0.3, -0.25) is 4.79 Å². The number of esters is 1. The summed E-state index contributed by atoms with van der Waals surface area (Å²) in [6, 6.07) is 0. The van der Waals surface area contributed by atoms with Gasteiger partial charge in [-0.2, -0.15) is 4.37 Å². The van der Waals surface area contributed by atoms with E-state index in [4.69, 9.17) is 4.74 Å². The van der Waals surface area contributed by atoms with Crippen LogP contribution >= 0.6 is 23.3 Å². The van der Waals surface area contributed by atoms with Crippen molar-refractivity contribution in [2.75, 3.05) is 18.9 Å². The van der Waals surface area contributed by atoms with Crippen molar-refractivity contribution in [3.63, 3.8) is 0 Å². The molecule has 0 saturated carbocycles. The topological polar surface area (TPSA) is 64.1 Å². The predicted molar refractivity (Wildman–Crippen MR) is 69.3 cm³/mol. The zero-order chi connectivity index (χ0) is 12.7. The molecule has 1 N–H and O–H groups in total. The fraction of sp³-hybridized carbons (Fsp3) is 0.700. The molecule has 0 aliphatic rings. The van der Waals surface area contributed by atoms with Gasteiger partial charge in [0.25, 0.3) is 0 Å². The van der Waals surface area contributed by atoms with Crippen LogP contribution in [0.4, 0.5) is 0 Å². The molecule has 0 bridgehead atoms. The quantitative estimate of drug-likeness (QED) is 0.602. The van der Waals surface area contributed by atoms with Crippen LogP contribution in [0.15, 0.2) is 10.7 Å². The second-order valence-corrected chi connectivity index (χ2v) is 5.58. The van der Waals surface area contributed by atoms with Gasteiger partial charge < -0.3 is 10.1 Å². The van der Waals surface area contributed by atoms with Crippen molar-refractivity contribution >= 4 is 29.3 Å². The van der Waals surface area contributed by atoms with Gasteiger partial charge in [0.15, 0.2) is 4.34 Å². The van der Waals surface area contributed by atoms with Gasteiger partial charge in [0.05, 0.1) is 6.61 Å². The van der Waals surface area contributed by atoms with Crippen LogP contribution < -0.4 is 5.32 Å². The number of thioether (sulfide) groups is 1. The molecule has 0 fully saturated rings. The van der Waals surface area contributed by atoms with Gasteiger partial charge in [0.1, 0.15) is 11.9 Å². The molecule has 0 radical (unpaired) electrons. The van der Waals surface area contributed by atoms with Gasteiger partial charge in [-0.15, -0.1) is 0 Å². The molecule has 0 saturated heterocycles. The summed E-state index contributed by atoms with van der Waals surface area (Å²) in [5.41, 5.74) is -0.679. The molecule has 17 heavy (non-hydrogen) atoms. The van der Waals surface area contributed by atoms with Gasteiger partial charge >= 0.3 is 5.97 Å². The van der Waals surface area contributed by atoms with Crippen LogP contribution in [-0.4, -0.2) is 39.8 Å². The minimum Gasteiger partial charge on any atom is -0.465 e. The smallest absolute Gasteiger partial charge is 0.326 e. The highest BCUT2D eigenvalue weighted by molar-refractivity contribution is 8.01. The fourth-order valence-electron chi connectivity index (χ4n) is 1.30. The maximum atomic E-state index is 11.9. The lowest BCUT2D eigenvalue weighted by atomic mass is 10.1. The van der Waals surface area contributed by atoms with E-state index in [1.807, 2.05) is 20.8 Å². The number of ether oxygens (including phenoxy) is 1. The number of carbonyl (C=O) groups excluding carboxylic acids is 1. The highest BCUT2D eigenvalue weighted by atomic mass is 32.2. The molecule has 0 spiro atoms. The molecule has 7 heteroatoms. The van der Waals surface area contributed by atoms with Crippen LogP contribution in [0.2, 0.25) is 0 Å². The van der Waals surface area contributed by atoms with Gasteiger partial charge in [0.2, 0.25) is 0 Å². The summed E-state index contributed by atoms with van der Waals surface area (Å²) < 4.78 is 9.86. The molecule has 0 aliphatic heterocycles. The first-order chi connectivity index (χ1) is 8.12. The van der Waals surface area contributed by atoms with Crippen molar-refractivity contribution in [1.29, 1.82) is 0 Å². The number of rotatable bonds is 7. The van der Waals surface area contributed by atoms with Crippen molar-refractivity contribution in [2.24, 2.45) is 0 Å². The Kier molecular flexibility index (Phi) is 5.87. The van der Waals surface area contributed by atoms with E-state index in [0.29, 0.717) is 18.9 Å². The van der Waals surface area contributed by atoms with E-state index in [1.165, 1.54) is 29.6 Å². The molecule has 1 rings (SSSR count). The summed E-state index contributed by atoms with van der Waals surface area (Å²) in [4.78, 5) is 16.0. The first-order valence-electron chi connectivity index (χ1n) is 5.44. The molecular formula is C10H17N3O2S2. The number of carbonyl (C=O) groups is 1. The largest absolute Gasteiger partial charge is 0.465 e. The fourth-order valence-corrected chi connectivity index (χ4v) is 2.84. The molecule has 1 heterocycles. The molecule has 0 aromatic carbocycles. The maximum Gasteiger partial charge on any atom is 0.326 e. The lowest BCUT2D eigenvalue weighted by Crippen LogP contribution is -2.52. The second kappa shape index (κ2) is 6.93. The van der Waals surface area contributed by atoms with Crippen molar-refractivity contribution in [3.8, 4) is 0 Å². The molecular weight excluding hydrogens is 258 g/mol. The average Bonchev–Trinajstić information content (AvgIpc) is 2.80. The van der Waals surface area contributed by atoms with Crippen molar-refractivity contribution in [3.05, 3.63) is 6.33 Å². The Morgan fingerprint density at radius 3 is 2.94 bits per heavy atom. The van der Waals surface area contributed by atoms with Crippen LogP contribution in [0.5, 0.6) is 0 Å². The number of nitrogens with one attached hydrogen (secondary N) is 1. The molecule has 5 nitrogen and oxygen atoms in total. The predicted octanol–water partition coefficient (Wildman–Crippen LogP) is 1.56. The third kappa shape index (κ3) is 4.25. The van der Waals surface area contributed by atoms with Crippen molar-refractivity contribution < 1.29 is 9.53 Å². The van der Waals surface area contributed by atoms with Gasteiger partial charge in [-0.25, -0.2) is 4.98 Å². The highest BCUT2D eigenvalue weighted by Crippen LogP contribution is 2.24. The number of hydrogen-bond acceptors (Lipinski definition) is 7. The van der Waals surface area contributed by atoms with Crippen molar-refractivity contribution in [2.45, 2.75) is 30.6 Å². The minimum atomic E-state index is -0.679. The van der Waals surface area contributed by atoms with Crippen LogP contribution in [0.1, 0.15) is 20.8 Å². The number of nitrogens with zero attached hydrogens (tertiary/aromatic N) is 2. The van der Waals surface area contributed by atoms with Crippen LogP contribution in [0.3, 0.4) is 0 Å². The molecule has 1 aromatic heterocycles. The molecule has 96 valence electrons. The van der Waals surface area contributed by atoms with E-state index in [2.05, 4.69) is 14.7 Å². The van der Waals surface area contributed by atoms with Crippen LogP contribution in [0, 0.1) is 0 Å². The van der Waals surface area contributed by atoms with E-state index >= 15 is 0 Å². The zero-order valence-electron chi connectivity index (χ0n) is 10.2. The maximum absolute atomic E-state index is 11.9. The first-order valence-corrected chi connectivity index (χ1v) is 7.20. The van der Waals surface area contributed by atoms with Gasteiger partial charge in [-0.1, -0.05) is 18.7 Å². The molecule has 0 amide bonds. The number of hydrogen-bond donors (Lipinski definition) is 1. The SMILES string of the molecule is CCNC(C)(CSc1ncns1)C(=O)OCC. The van der Waals surface area contributed by atoms with E-state index in [1.54, 1.807) is 0 Å². The Morgan fingerprint density at radius 2 is 2.41 bits per heavy atom. The average molecular weight is 275 g/mol. The lowest BCUT2D eigenvalue weighted by Gasteiger charge is -2.27. The second-order valence-electron chi connectivity index (χ2n) is 3.58. The summed E-state index contributed by atoms with van der Waals surface area (Å²) in [6.45, 7) is 6.73.